The molecule has 0 N–H and O–H groups in total. The average Bonchev–Trinajstić information content (AvgIpc) is 2.56. The largest absolute Gasteiger partial charge is 0.455 e. The monoisotopic (exact) mass is 302 g/mol. The number of ether oxygens (including phenoxy) is 3. The van der Waals surface area contributed by atoms with Crippen molar-refractivity contribution in [3.8, 4) is 0 Å². The van der Waals surface area contributed by atoms with E-state index < -0.39 is 11.4 Å². The molecule has 5 heteroatoms. The standard InChI is InChI=1S/C12H15BrO4/c1-4-6-5-7(13)9-12(10(14)15-9)8(6)16-11(2,3)17-12/h5,7-9H,4H2,1-3H3/t7-,8+,9+,12+/m0/s1. The highest BCUT2D eigenvalue weighted by molar-refractivity contribution is 9.09. The highest BCUT2D eigenvalue weighted by Crippen LogP contribution is 2.53. The van der Waals surface area contributed by atoms with E-state index in [9.17, 15) is 4.79 Å². The van der Waals surface area contributed by atoms with Crippen LogP contribution in [0.2, 0.25) is 0 Å². The third-order valence-corrected chi connectivity index (χ3v) is 4.33. The van der Waals surface area contributed by atoms with Gasteiger partial charge in [-0.05, 0) is 25.8 Å². The van der Waals surface area contributed by atoms with Crippen molar-refractivity contribution < 1.29 is 19.0 Å². The lowest BCUT2D eigenvalue weighted by atomic mass is 9.75. The summed E-state index contributed by atoms with van der Waals surface area (Å²) in [5, 5.41) is 0. The fourth-order valence-corrected chi connectivity index (χ4v) is 3.74. The molecule has 4 nitrogen and oxygen atoms in total. The second-order valence-electron chi connectivity index (χ2n) is 5.16. The Morgan fingerprint density at radius 1 is 1.47 bits per heavy atom. The van der Waals surface area contributed by atoms with Crippen molar-refractivity contribution in [2.75, 3.05) is 0 Å². The molecule has 17 heavy (non-hydrogen) atoms. The van der Waals surface area contributed by atoms with E-state index in [0.29, 0.717) is 0 Å². The minimum atomic E-state index is -0.933. The second-order valence-corrected chi connectivity index (χ2v) is 6.22. The van der Waals surface area contributed by atoms with E-state index in [4.69, 9.17) is 14.2 Å². The third-order valence-electron chi connectivity index (χ3n) is 3.59. The van der Waals surface area contributed by atoms with Crippen LogP contribution in [0.1, 0.15) is 27.2 Å². The Morgan fingerprint density at radius 2 is 2.18 bits per heavy atom. The van der Waals surface area contributed by atoms with E-state index in [0.717, 1.165) is 12.0 Å². The lowest BCUT2D eigenvalue weighted by Crippen LogP contribution is -2.72. The van der Waals surface area contributed by atoms with Crippen molar-refractivity contribution in [3.63, 3.8) is 0 Å². The summed E-state index contributed by atoms with van der Waals surface area (Å²) in [6, 6.07) is 0. The summed E-state index contributed by atoms with van der Waals surface area (Å²) in [6.45, 7) is 5.72. The minimum absolute atomic E-state index is 0.00361. The highest BCUT2D eigenvalue weighted by Gasteiger charge is 2.74. The van der Waals surface area contributed by atoms with Crippen LogP contribution in [0.5, 0.6) is 0 Å². The van der Waals surface area contributed by atoms with Crippen molar-refractivity contribution >= 4 is 21.9 Å². The fourth-order valence-electron chi connectivity index (χ4n) is 2.90. The second kappa shape index (κ2) is 3.33. The first-order chi connectivity index (χ1) is 7.90. The Balaban J connectivity index is 2.08. The van der Waals surface area contributed by atoms with Crippen LogP contribution in [0.3, 0.4) is 0 Å². The molecule has 0 saturated carbocycles. The van der Waals surface area contributed by atoms with Crippen molar-refractivity contribution in [2.24, 2.45) is 0 Å². The molecule has 3 aliphatic rings. The summed E-state index contributed by atoms with van der Waals surface area (Å²) >= 11 is 3.53. The molecule has 94 valence electrons. The molecule has 0 amide bonds. The van der Waals surface area contributed by atoms with Gasteiger partial charge in [0.05, 0.1) is 4.83 Å². The number of rotatable bonds is 1. The SMILES string of the molecule is CCC1=C[C@H](Br)[C@H]2OC(=O)[C@]23OC(C)(C)O[C@H]13. The highest BCUT2D eigenvalue weighted by atomic mass is 79.9. The molecule has 0 radical (unpaired) electrons. The van der Waals surface area contributed by atoms with Crippen molar-refractivity contribution in [1.29, 1.82) is 0 Å². The topological polar surface area (TPSA) is 44.8 Å². The molecule has 2 fully saturated rings. The Labute approximate surface area is 108 Å². The first kappa shape index (κ1) is 11.7. The van der Waals surface area contributed by atoms with Gasteiger partial charge < -0.3 is 14.2 Å². The first-order valence-electron chi connectivity index (χ1n) is 5.84. The number of hydrogen-bond acceptors (Lipinski definition) is 4. The molecule has 0 aromatic carbocycles. The van der Waals surface area contributed by atoms with Crippen LogP contribution in [0, 0.1) is 0 Å². The van der Waals surface area contributed by atoms with E-state index in [1.165, 1.54) is 0 Å². The van der Waals surface area contributed by atoms with Gasteiger partial charge in [0.2, 0.25) is 5.60 Å². The normalized spacial score (nSPS) is 46.5. The zero-order valence-electron chi connectivity index (χ0n) is 10.0. The molecule has 3 rings (SSSR count). The predicted octanol–water partition coefficient (Wildman–Crippen LogP) is 1.92. The zero-order valence-corrected chi connectivity index (χ0v) is 11.6. The van der Waals surface area contributed by atoms with Gasteiger partial charge in [-0.2, -0.15) is 0 Å². The maximum atomic E-state index is 11.9. The van der Waals surface area contributed by atoms with Crippen molar-refractivity contribution in [1.82, 2.24) is 0 Å². The van der Waals surface area contributed by atoms with Crippen molar-refractivity contribution in [2.45, 2.75) is 55.6 Å². The Kier molecular flexibility index (Phi) is 2.29. The summed E-state index contributed by atoms with van der Waals surface area (Å²) in [7, 11) is 0. The fraction of sp³-hybridized carbons (Fsp3) is 0.750. The summed E-state index contributed by atoms with van der Waals surface area (Å²) in [4.78, 5) is 11.9. The van der Waals surface area contributed by atoms with Crippen LogP contribution >= 0.6 is 15.9 Å². The van der Waals surface area contributed by atoms with Gasteiger partial charge in [-0.1, -0.05) is 28.9 Å². The number of hydrogen-bond donors (Lipinski definition) is 0. The third kappa shape index (κ3) is 1.33. The quantitative estimate of drug-likeness (QED) is 0.422. The zero-order chi connectivity index (χ0) is 12.4. The molecule has 1 aliphatic carbocycles. The van der Waals surface area contributed by atoms with Gasteiger partial charge in [-0.3, -0.25) is 0 Å². The van der Waals surface area contributed by atoms with Gasteiger partial charge in [-0.15, -0.1) is 0 Å². The van der Waals surface area contributed by atoms with Crippen LogP contribution in [0.4, 0.5) is 0 Å². The number of carbonyl (C=O) groups excluding carboxylic acids is 1. The Bertz CT molecular complexity index is 417. The molecule has 0 aromatic heterocycles. The van der Waals surface area contributed by atoms with E-state index in [1.54, 1.807) is 0 Å². The van der Waals surface area contributed by atoms with Gasteiger partial charge in [0.15, 0.2) is 11.9 Å². The van der Waals surface area contributed by atoms with Crippen LogP contribution in [-0.2, 0) is 19.0 Å². The molecule has 0 aromatic rings. The molecule has 1 spiro atoms. The van der Waals surface area contributed by atoms with E-state index in [1.807, 2.05) is 13.8 Å². The molecule has 0 bridgehead atoms. The van der Waals surface area contributed by atoms with E-state index >= 15 is 0 Å². The summed E-state index contributed by atoms with van der Waals surface area (Å²) in [6.07, 6.45) is 2.33. The molecular formula is C12H15BrO4. The predicted molar refractivity (Wildman–Crippen MR) is 63.7 cm³/mol. The van der Waals surface area contributed by atoms with Gasteiger partial charge >= 0.3 is 5.97 Å². The maximum absolute atomic E-state index is 11.9. The van der Waals surface area contributed by atoms with Gasteiger partial charge in [0.25, 0.3) is 0 Å². The summed E-state index contributed by atoms with van der Waals surface area (Å²) in [5.74, 6) is -1.05. The molecule has 2 saturated heterocycles. The summed E-state index contributed by atoms with van der Waals surface area (Å²) in [5.41, 5.74) is 0.169. The molecule has 0 unspecified atom stereocenters. The van der Waals surface area contributed by atoms with Crippen molar-refractivity contribution in [3.05, 3.63) is 11.6 Å². The molecule has 2 aliphatic heterocycles. The Morgan fingerprint density at radius 3 is 2.76 bits per heavy atom. The summed E-state index contributed by atoms with van der Waals surface area (Å²) < 4.78 is 17.0. The van der Waals surface area contributed by atoms with Gasteiger partial charge in [0, 0.05) is 0 Å². The van der Waals surface area contributed by atoms with Crippen LogP contribution in [-0.4, -0.2) is 34.4 Å². The minimum Gasteiger partial charge on any atom is -0.455 e. The first-order valence-corrected chi connectivity index (χ1v) is 6.76. The van der Waals surface area contributed by atoms with E-state index in [-0.39, 0.29) is 23.0 Å². The van der Waals surface area contributed by atoms with Crippen LogP contribution in [0.25, 0.3) is 0 Å². The molecular weight excluding hydrogens is 288 g/mol. The van der Waals surface area contributed by atoms with E-state index in [2.05, 4.69) is 28.9 Å². The smallest absolute Gasteiger partial charge is 0.346 e. The number of esters is 1. The van der Waals surface area contributed by atoms with Gasteiger partial charge in [0.1, 0.15) is 6.10 Å². The van der Waals surface area contributed by atoms with Gasteiger partial charge in [-0.25, -0.2) is 4.79 Å². The van der Waals surface area contributed by atoms with Crippen LogP contribution < -0.4 is 0 Å². The average molecular weight is 303 g/mol. The Hall–Kier alpha value is -0.390. The molecule has 4 atom stereocenters. The number of halogens is 1. The lowest BCUT2D eigenvalue weighted by Gasteiger charge is -2.50. The number of carbonyl (C=O) groups is 1. The molecule has 2 heterocycles. The number of alkyl halides is 1. The van der Waals surface area contributed by atoms with Crippen LogP contribution in [0.15, 0.2) is 11.6 Å². The lowest BCUT2D eigenvalue weighted by molar-refractivity contribution is -0.251. The maximum Gasteiger partial charge on any atom is 0.346 e.